The van der Waals surface area contributed by atoms with E-state index < -0.39 is 21.4 Å². The molecular weight excluding hydrogens is 276 g/mol. The van der Waals surface area contributed by atoms with Crippen molar-refractivity contribution in [1.29, 1.82) is 0 Å². The molecule has 0 spiro atoms. The first-order valence-corrected chi connectivity index (χ1v) is 7.15. The Morgan fingerprint density at radius 1 is 1.53 bits per heavy atom. The summed E-state index contributed by atoms with van der Waals surface area (Å²) in [5, 5.41) is 3.55. The quantitative estimate of drug-likeness (QED) is 0.358. The van der Waals surface area contributed by atoms with Gasteiger partial charge in [-0.25, -0.2) is 0 Å². The van der Waals surface area contributed by atoms with Crippen LogP contribution in [0.3, 0.4) is 0 Å². The second kappa shape index (κ2) is 8.04. The van der Waals surface area contributed by atoms with Crippen LogP contribution >= 0.6 is 0 Å². The second-order valence-electron chi connectivity index (χ2n) is 3.99. The summed E-state index contributed by atoms with van der Waals surface area (Å²) in [4.78, 5) is 20.7. The summed E-state index contributed by atoms with van der Waals surface area (Å²) in [5.41, 5.74) is 9.95. The summed E-state index contributed by atoms with van der Waals surface area (Å²) >= 11 is 0. The number of carbonyl (C=O) groups is 2. The van der Waals surface area contributed by atoms with Gasteiger partial charge in [0, 0.05) is 13.5 Å². The molecule has 1 heterocycles. The first kappa shape index (κ1) is 17.8. The fourth-order valence-electron chi connectivity index (χ4n) is 1.41. The monoisotopic (exact) mass is 296 g/mol. The lowest BCUT2D eigenvalue weighted by Gasteiger charge is -2.10. The molecule has 112 valence electrons. The van der Waals surface area contributed by atoms with Crippen molar-refractivity contribution in [2.24, 2.45) is 11.5 Å². The lowest BCUT2D eigenvalue weighted by atomic mass is 10.2. The van der Waals surface area contributed by atoms with Gasteiger partial charge in [0.2, 0.25) is 11.8 Å². The Morgan fingerprint density at radius 3 is 2.26 bits per heavy atom. The van der Waals surface area contributed by atoms with Gasteiger partial charge in [0.25, 0.3) is 10.1 Å². The third-order valence-electron chi connectivity index (χ3n) is 2.34. The van der Waals surface area contributed by atoms with E-state index in [1.54, 1.807) is 0 Å². The Hall–Kier alpha value is -1.23. The minimum Gasteiger partial charge on any atom is -0.368 e. The van der Waals surface area contributed by atoms with E-state index in [0.29, 0.717) is 0 Å². The van der Waals surface area contributed by atoms with E-state index in [1.807, 2.05) is 5.32 Å². The number of hydrogen-bond donors (Lipinski definition) is 5. The van der Waals surface area contributed by atoms with Crippen molar-refractivity contribution in [3.63, 3.8) is 0 Å². The van der Waals surface area contributed by atoms with Crippen molar-refractivity contribution >= 4 is 21.9 Å². The minimum absolute atomic E-state index is 0.0463. The molecule has 0 aromatic heterocycles. The Labute approximate surface area is 111 Å². The molecule has 10 heteroatoms. The van der Waals surface area contributed by atoms with Crippen molar-refractivity contribution in [3.05, 3.63) is 0 Å². The summed E-state index contributed by atoms with van der Waals surface area (Å²) in [5.74, 6) is -0.777. The van der Waals surface area contributed by atoms with E-state index in [1.165, 1.54) is 0 Å². The van der Waals surface area contributed by atoms with Gasteiger partial charge in [-0.15, -0.1) is 0 Å². The fourth-order valence-corrected chi connectivity index (χ4v) is 1.97. The van der Waals surface area contributed by atoms with Gasteiger partial charge < -0.3 is 22.1 Å². The summed E-state index contributed by atoms with van der Waals surface area (Å²) in [6.07, 6.45) is 1.99. The largest absolute Gasteiger partial charge is 0.368 e. The highest BCUT2D eigenvalue weighted by atomic mass is 32.2. The fraction of sp³-hybridized carbons (Fsp3) is 0.778. The summed E-state index contributed by atoms with van der Waals surface area (Å²) in [7, 11) is -4.27. The van der Waals surface area contributed by atoms with E-state index in [9.17, 15) is 18.0 Å². The van der Waals surface area contributed by atoms with Crippen LogP contribution < -0.4 is 22.1 Å². The van der Waals surface area contributed by atoms with Gasteiger partial charge in [0.15, 0.2) is 5.37 Å². The van der Waals surface area contributed by atoms with Crippen LogP contribution in [0.25, 0.3) is 0 Å². The highest BCUT2D eigenvalue weighted by Crippen LogP contribution is 2.02. The molecular formula is C9H20N4O5S. The number of carbonyl (C=O) groups excluding carboxylic acids is 2. The Bertz CT molecular complexity index is 405. The van der Waals surface area contributed by atoms with Crippen LogP contribution in [-0.4, -0.2) is 49.3 Å². The number of rotatable bonds is 4. The minimum atomic E-state index is -4.27. The van der Waals surface area contributed by atoms with Gasteiger partial charge in [-0.3, -0.25) is 14.1 Å². The first-order chi connectivity index (χ1) is 8.68. The van der Waals surface area contributed by atoms with E-state index in [0.717, 1.165) is 26.3 Å². The summed E-state index contributed by atoms with van der Waals surface area (Å²) < 4.78 is 29.1. The van der Waals surface area contributed by atoms with Gasteiger partial charge in [-0.05, 0) is 19.4 Å². The van der Waals surface area contributed by atoms with Crippen molar-refractivity contribution in [1.82, 2.24) is 10.6 Å². The molecule has 2 atom stereocenters. The number of nitrogens with one attached hydrogen (secondary N) is 2. The molecule has 9 nitrogen and oxygen atoms in total. The lowest BCUT2D eigenvalue weighted by Crippen LogP contribution is -2.44. The van der Waals surface area contributed by atoms with Crippen LogP contribution in [0.1, 0.15) is 19.8 Å². The number of hydrogen-bond acceptors (Lipinski definition) is 6. The zero-order chi connectivity index (χ0) is 15.1. The molecule has 1 saturated heterocycles. The molecule has 7 N–H and O–H groups in total. The van der Waals surface area contributed by atoms with Gasteiger partial charge in [0.05, 0.1) is 6.04 Å². The van der Waals surface area contributed by atoms with Crippen LogP contribution in [0, 0.1) is 0 Å². The number of primary amides is 1. The van der Waals surface area contributed by atoms with Crippen molar-refractivity contribution < 1.29 is 22.6 Å². The van der Waals surface area contributed by atoms with E-state index in [2.05, 4.69) is 5.32 Å². The number of amides is 2. The molecule has 1 rings (SSSR count). The molecule has 19 heavy (non-hydrogen) atoms. The van der Waals surface area contributed by atoms with Crippen LogP contribution in [-0.2, 0) is 19.7 Å². The van der Waals surface area contributed by atoms with E-state index in [4.69, 9.17) is 16.0 Å². The summed E-state index contributed by atoms with van der Waals surface area (Å²) in [6, 6.07) is -0.0463. The Balaban J connectivity index is 0.000000356. The van der Waals surface area contributed by atoms with Crippen LogP contribution in [0.4, 0.5) is 0 Å². The molecule has 2 unspecified atom stereocenters. The van der Waals surface area contributed by atoms with Crippen LogP contribution in [0.2, 0.25) is 0 Å². The normalized spacial score (nSPS) is 20.1. The van der Waals surface area contributed by atoms with Gasteiger partial charge in [-0.1, -0.05) is 0 Å². The third-order valence-corrected chi connectivity index (χ3v) is 3.37. The van der Waals surface area contributed by atoms with Gasteiger partial charge >= 0.3 is 0 Å². The molecule has 0 bridgehead atoms. The maximum absolute atomic E-state index is 10.4. The highest BCUT2D eigenvalue weighted by molar-refractivity contribution is 7.86. The maximum Gasteiger partial charge on any atom is 0.287 e. The smallest absolute Gasteiger partial charge is 0.287 e. The van der Waals surface area contributed by atoms with E-state index >= 15 is 0 Å². The summed E-state index contributed by atoms with van der Waals surface area (Å²) in [6.45, 7) is 1.72. The van der Waals surface area contributed by atoms with Crippen molar-refractivity contribution in [2.75, 3.05) is 13.1 Å². The average molecular weight is 296 g/mol. The Morgan fingerprint density at radius 2 is 2.11 bits per heavy atom. The predicted octanol–water partition coefficient (Wildman–Crippen LogP) is -2.48. The van der Waals surface area contributed by atoms with Crippen molar-refractivity contribution in [3.8, 4) is 0 Å². The first-order valence-electron chi connectivity index (χ1n) is 5.64. The lowest BCUT2D eigenvalue weighted by molar-refractivity contribution is -0.120. The predicted molar refractivity (Wildman–Crippen MR) is 68.4 cm³/mol. The molecule has 1 aliphatic rings. The average Bonchev–Trinajstić information content (AvgIpc) is 2.78. The van der Waals surface area contributed by atoms with Gasteiger partial charge in [0.1, 0.15) is 0 Å². The highest BCUT2D eigenvalue weighted by Gasteiger charge is 2.21. The molecule has 0 aliphatic carbocycles. The Kier molecular flexibility index (Phi) is 7.52. The molecule has 0 aromatic rings. The zero-order valence-corrected chi connectivity index (χ0v) is 11.4. The third kappa shape index (κ3) is 7.72. The zero-order valence-electron chi connectivity index (χ0n) is 10.6. The molecule has 0 saturated carbocycles. The maximum atomic E-state index is 10.4. The van der Waals surface area contributed by atoms with E-state index in [-0.39, 0.29) is 18.5 Å². The molecule has 1 fully saturated rings. The SMILES string of the molecule is CC(=O)NC(CN)S(=O)(=O)O.NC(=O)C1CCCN1. The van der Waals surface area contributed by atoms with Crippen LogP contribution in [0.15, 0.2) is 0 Å². The van der Waals surface area contributed by atoms with Gasteiger partial charge in [-0.2, -0.15) is 8.42 Å². The topological polar surface area (TPSA) is 165 Å². The van der Waals surface area contributed by atoms with Crippen LogP contribution in [0.5, 0.6) is 0 Å². The van der Waals surface area contributed by atoms with Crippen molar-refractivity contribution in [2.45, 2.75) is 31.2 Å². The number of nitrogens with two attached hydrogens (primary N) is 2. The second-order valence-corrected chi connectivity index (χ2v) is 5.59. The molecule has 1 aliphatic heterocycles. The molecule has 2 amide bonds. The standard InChI is InChI=1S/C5H10N2O.C4H10N2O4S/c6-5(8)4-2-1-3-7-4;1-3(7)6-4(2-5)11(8,9)10/h4,7H,1-3H2,(H2,6,8);4H,2,5H2,1H3,(H,6,7)(H,8,9,10). The molecule has 0 radical (unpaired) electrons. The molecule has 0 aromatic carbocycles.